The number of aliphatic hydroxyl groups is 1. The van der Waals surface area contributed by atoms with Gasteiger partial charge in [0.15, 0.2) is 0 Å². The number of para-hydroxylation sites is 1. The third-order valence-corrected chi connectivity index (χ3v) is 5.62. The fraction of sp³-hybridized carbons (Fsp3) is 0.240. The minimum atomic E-state index is -0.395. The van der Waals surface area contributed by atoms with Crippen molar-refractivity contribution < 1.29 is 19.4 Å². The minimum Gasteiger partial charge on any atom is -0.490 e. The Kier molecular flexibility index (Phi) is 7.22. The zero-order valence-electron chi connectivity index (χ0n) is 18.0. The Hall–Kier alpha value is -3.42. The predicted molar refractivity (Wildman–Crippen MR) is 127 cm³/mol. The lowest BCUT2D eigenvalue weighted by atomic mass is 10.1. The van der Waals surface area contributed by atoms with Crippen molar-refractivity contribution in [3.63, 3.8) is 0 Å². The first-order valence-electron chi connectivity index (χ1n) is 10.8. The van der Waals surface area contributed by atoms with Crippen molar-refractivity contribution in [3.05, 3.63) is 82.5 Å². The number of carbonyl (C=O) groups is 2. The van der Waals surface area contributed by atoms with Crippen molar-refractivity contribution >= 4 is 34.9 Å². The molecule has 1 aliphatic heterocycles. The van der Waals surface area contributed by atoms with Crippen LogP contribution in [0.2, 0.25) is 5.02 Å². The molecule has 0 atom stereocenters. The van der Waals surface area contributed by atoms with Gasteiger partial charge in [0.05, 0.1) is 17.7 Å². The number of pyridine rings is 1. The minimum absolute atomic E-state index is 0.0885. The molecule has 0 saturated heterocycles. The van der Waals surface area contributed by atoms with Gasteiger partial charge in [-0.15, -0.1) is 0 Å². The van der Waals surface area contributed by atoms with Gasteiger partial charge in [-0.25, -0.2) is 4.98 Å². The molecule has 2 heterocycles. The van der Waals surface area contributed by atoms with Gasteiger partial charge in [-0.1, -0.05) is 23.7 Å². The van der Waals surface area contributed by atoms with Crippen molar-refractivity contribution in [3.8, 4) is 5.75 Å². The number of ether oxygens (including phenoxy) is 1. The summed E-state index contributed by atoms with van der Waals surface area (Å²) in [6.07, 6.45) is 4.24. The molecule has 8 heteroatoms. The Morgan fingerprint density at radius 2 is 1.97 bits per heavy atom. The van der Waals surface area contributed by atoms with E-state index in [4.69, 9.17) is 21.4 Å². The first-order chi connectivity index (χ1) is 16.1. The molecule has 170 valence electrons. The average Bonchev–Trinajstić information content (AvgIpc) is 3.05. The summed E-state index contributed by atoms with van der Waals surface area (Å²) in [5.74, 6) is 0.148. The maximum Gasteiger partial charge on any atom is 0.260 e. The van der Waals surface area contributed by atoms with Gasteiger partial charge < -0.3 is 20.1 Å². The summed E-state index contributed by atoms with van der Waals surface area (Å²) in [7, 11) is 0. The van der Waals surface area contributed by atoms with Crippen LogP contribution in [0.15, 0.2) is 60.8 Å². The maximum atomic E-state index is 13.2. The third kappa shape index (κ3) is 5.32. The lowest BCUT2D eigenvalue weighted by Gasteiger charge is -2.23. The first-order valence-corrected chi connectivity index (χ1v) is 11.1. The number of aromatic nitrogens is 1. The van der Waals surface area contributed by atoms with Gasteiger partial charge in [-0.05, 0) is 67.3 Å². The number of halogens is 1. The number of fused-ring (bicyclic) bond motifs is 1. The summed E-state index contributed by atoms with van der Waals surface area (Å²) in [6.45, 7) is 0.559. The molecule has 0 aliphatic carbocycles. The van der Waals surface area contributed by atoms with E-state index >= 15 is 0 Å². The molecule has 4 rings (SSSR count). The highest BCUT2D eigenvalue weighted by molar-refractivity contribution is 6.30. The van der Waals surface area contributed by atoms with Crippen molar-refractivity contribution in [2.45, 2.75) is 19.3 Å². The number of aliphatic hydroxyl groups excluding tert-OH is 1. The van der Waals surface area contributed by atoms with Crippen molar-refractivity contribution in [2.75, 3.05) is 30.0 Å². The van der Waals surface area contributed by atoms with Crippen LogP contribution in [0.25, 0.3) is 0 Å². The summed E-state index contributed by atoms with van der Waals surface area (Å²) in [5, 5.41) is 12.3. The molecule has 0 radical (unpaired) electrons. The molecule has 2 aromatic carbocycles. The SMILES string of the molecule is O=C(Nc1ccc(C(=O)N2CCCCc3cc(Cl)ccc32)cn1)c1ccccc1OCCO. The number of carbonyl (C=O) groups excluding carboxylic acids is 2. The third-order valence-electron chi connectivity index (χ3n) is 5.39. The number of nitrogens with one attached hydrogen (secondary N) is 1. The van der Waals surface area contributed by atoms with Crippen molar-refractivity contribution in [1.82, 2.24) is 4.98 Å². The molecule has 3 aromatic rings. The zero-order valence-corrected chi connectivity index (χ0v) is 18.7. The fourth-order valence-corrected chi connectivity index (χ4v) is 4.00. The van der Waals surface area contributed by atoms with Crippen LogP contribution in [-0.4, -0.2) is 41.7 Å². The Morgan fingerprint density at radius 1 is 1.12 bits per heavy atom. The first kappa shape index (κ1) is 22.8. The number of aryl methyl sites for hydroxylation is 1. The second kappa shape index (κ2) is 10.5. The quantitative estimate of drug-likeness (QED) is 0.565. The van der Waals surface area contributed by atoms with Gasteiger partial charge in [-0.2, -0.15) is 0 Å². The van der Waals surface area contributed by atoms with Crippen LogP contribution in [0.4, 0.5) is 11.5 Å². The molecule has 33 heavy (non-hydrogen) atoms. The molecule has 0 fully saturated rings. The Balaban J connectivity index is 1.49. The molecular formula is C25H24ClN3O4. The van der Waals surface area contributed by atoms with Crippen LogP contribution >= 0.6 is 11.6 Å². The summed E-state index contributed by atoms with van der Waals surface area (Å²) >= 11 is 6.15. The van der Waals surface area contributed by atoms with Gasteiger partial charge in [0.2, 0.25) is 0 Å². The van der Waals surface area contributed by atoms with Crippen LogP contribution < -0.4 is 15.0 Å². The average molecular weight is 466 g/mol. The van der Waals surface area contributed by atoms with E-state index in [0.717, 1.165) is 30.5 Å². The second-order valence-corrected chi connectivity index (χ2v) is 8.08. The van der Waals surface area contributed by atoms with E-state index in [-0.39, 0.29) is 19.1 Å². The molecule has 1 aliphatic rings. The molecule has 0 saturated carbocycles. The summed E-state index contributed by atoms with van der Waals surface area (Å²) < 4.78 is 5.42. The monoisotopic (exact) mass is 465 g/mol. The largest absolute Gasteiger partial charge is 0.490 e. The lowest BCUT2D eigenvalue weighted by Crippen LogP contribution is -2.31. The zero-order chi connectivity index (χ0) is 23.2. The highest BCUT2D eigenvalue weighted by Crippen LogP contribution is 2.30. The smallest absolute Gasteiger partial charge is 0.260 e. The number of amides is 2. The normalized spacial score (nSPS) is 13.1. The van der Waals surface area contributed by atoms with E-state index in [1.165, 1.54) is 6.20 Å². The number of benzene rings is 2. The Bertz CT molecular complexity index is 1150. The second-order valence-electron chi connectivity index (χ2n) is 7.64. The Labute approximate surface area is 197 Å². The van der Waals surface area contributed by atoms with Crippen LogP contribution in [0.3, 0.4) is 0 Å². The van der Waals surface area contributed by atoms with E-state index in [1.807, 2.05) is 12.1 Å². The van der Waals surface area contributed by atoms with E-state index in [0.29, 0.717) is 34.3 Å². The van der Waals surface area contributed by atoms with Crippen LogP contribution in [0.1, 0.15) is 39.1 Å². The standard InChI is InChI=1S/C25H24ClN3O4/c26-19-9-10-21-17(15-19)5-3-4-12-29(21)25(32)18-8-11-23(27-16-18)28-24(31)20-6-1-2-7-22(20)33-14-13-30/h1-2,6-11,15-16,30H,3-5,12-14H2,(H,27,28,31). The maximum absolute atomic E-state index is 13.2. The van der Waals surface area contributed by atoms with Crippen LogP contribution in [0, 0.1) is 0 Å². The molecule has 0 bridgehead atoms. The molecule has 7 nitrogen and oxygen atoms in total. The van der Waals surface area contributed by atoms with Crippen molar-refractivity contribution in [1.29, 1.82) is 0 Å². The summed E-state index contributed by atoms with van der Waals surface area (Å²) in [6, 6.07) is 15.6. The van der Waals surface area contributed by atoms with Crippen LogP contribution in [0.5, 0.6) is 5.75 Å². The van der Waals surface area contributed by atoms with Crippen molar-refractivity contribution in [2.24, 2.45) is 0 Å². The number of rotatable bonds is 6. The molecule has 1 aromatic heterocycles. The molecule has 0 unspecified atom stereocenters. The highest BCUT2D eigenvalue weighted by Gasteiger charge is 2.23. The molecule has 0 spiro atoms. The van der Waals surface area contributed by atoms with Gasteiger partial charge in [0.25, 0.3) is 11.8 Å². The molecule has 2 N–H and O–H groups in total. The summed E-state index contributed by atoms with van der Waals surface area (Å²) in [5.41, 5.74) is 2.70. The van der Waals surface area contributed by atoms with Gasteiger partial charge in [0.1, 0.15) is 18.2 Å². The number of hydrogen-bond donors (Lipinski definition) is 2. The van der Waals surface area contributed by atoms with Gasteiger partial charge >= 0.3 is 0 Å². The van der Waals surface area contributed by atoms with Gasteiger partial charge in [-0.3, -0.25) is 9.59 Å². The number of anilines is 2. The van der Waals surface area contributed by atoms with E-state index < -0.39 is 5.91 Å². The Morgan fingerprint density at radius 3 is 2.76 bits per heavy atom. The topological polar surface area (TPSA) is 91.8 Å². The van der Waals surface area contributed by atoms with Gasteiger partial charge in [0, 0.05) is 23.5 Å². The predicted octanol–water partition coefficient (Wildman–Crippen LogP) is 4.34. The summed E-state index contributed by atoms with van der Waals surface area (Å²) in [4.78, 5) is 31.9. The van der Waals surface area contributed by atoms with E-state index in [2.05, 4.69) is 10.3 Å². The van der Waals surface area contributed by atoms with E-state index in [9.17, 15) is 9.59 Å². The molecular weight excluding hydrogens is 442 g/mol. The van der Waals surface area contributed by atoms with E-state index in [1.54, 1.807) is 47.4 Å². The number of hydrogen-bond acceptors (Lipinski definition) is 5. The number of nitrogens with zero attached hydrogens (tertiary/aromatic N) is 2. The lowest BCUT2D eigenvalue weighted by molar-refractivity contribution is 0.0985. The fourth-order valence-electron chi connectivity index (χ4n) is 3.80. The molecule has 2 amide bonds. The highest BCUT2D eigenvalue weighted by atomic mass is 35.5. The van der Waals surface area contributed by atoms with Crippen LogP contribution in [-0.2, 0) is 6.42 Å².